The highest BCUT2D eigenvalue weighted by atomic mass is 15.1. The van der Waals surface area contributed by atoms with E-state index in [4.69, 9.17) is 5.41 Å². The molecule has 8 heavy (non-hydrogen) atoms. The first-order chi connectivity index (χ1) is 3.72. The predicted molar refractivity (Wildman–Crippen MR) is 36.3 cm³/mol. The van der Waals surface area contributed by atoms with Crippen LogP contribution in [0, 0.1) is 5.41 Å². The highest BCUT2D eigenvalue weighted by Gasteiger charge is 1.94. The fourth-order valence-corrected chi connectivity index (χ4v) is 0.461. The molecule has 0 aliphatic carbocycles. The van der Waals surface area contributed by atoms with Crippen molar-refractivity contribution >= 4 is 5.84 Å². The second kappa shape index (κ2) is 3.47. The molecule has 0 amide bonds. The molecular weight excluding hydrogens is 100 g/mol. The van der Waals surface area contributed by atoms with Crippen LogP contribution in [0.1, 0.15) is 20.3 Å². The van der Waals surface area contributed by atoms with Crippen molar-refractivity contribution in [3.05, 3.63) is 0 Å². The van der Waals surface area contributed by atoms with Gasteiger partial charge in [0.15, 0.2) is 0 Å². The standard InChI is InChI=1S/C6H14N2/c1-4-6(7)8(3)5-2/h7H,4-5H2,1-3H3. The summed E-state index contributed by atoms with van der Waals surface area (Å²) < 4.78 is 0. The second-order valence-corrected chi connectivity index (χ2v) is 1.81. The average Bonchev–Trinajstić information content (AvgIpc) is 1.84. The molecule has 0 spiro atoms. The van der Waals surface area contributed by atoms with Gasteiger partial charge in [-0.3, -0.25) is 5.41 Å². The molecule has 2 heteroatoms. The van der Waals surface area contributed by atoms with E-state index in [1.807, 2.05) is 25.8 Å². The van der Waals surface area contributed by atoms with Gasteiger partial charge in [0, 0.05) is 20.0 Å². The maximum Gasteiger partial charge on any atom is 0.0952 e. The maximum absolute atomic E-state index is 7.27. The first-order valence-corrected chi connectivity index (χ1v) is 3.00. The number of nitrogens with one attached hydrogen (secondary N) is 1. The lowest BCUT2D eigenvalue weighted by Gasteiger charge is -2.15. The Morgan fingerprint density at radius 2 is 2.00 bits per heavy atom. The van der Waals surface area contributed by atoms with Crippen LogP contribution in [0.25, 0.3) is 0 Å². The molecule has 0 rings (SSSR count). The minimum Gasteiger partial charge on any atom is -0.364 e. The minimum absolute atomic E-state index is 0.715. The summed E-state index contributed by atoms with van der Waals surface area (Å²) in [6.07, 6.45) is 0.838. The van der Waals surface area contributed by atoms with Crippen LogP contribution in [0.4, 0.5) is 0 Å². The van der Waals surface area contributed by atoms with Gasteiger partial charge in [0.05, 0.1) is 5.84 Å². The van der Waals surface area contributed by atoms with E-state index in [9.17, 15) is 0 Å². The van der Waals surface area contributed by atoms with Crippen molar-refractivity contribution in [2.24, 2.45) is 0 Å². The lowest BCUT2D eigenvalue weighted by atomic mass is 10.4. The SMILES string of the molecule is CCC(=N)N(C)CC. The largest absolute Gasteiger partial charge is 0.364 e. The van der Waals surface area contributed by atoms with E-state index in [0.29, 0.717) is 5.84 Å². The molecule has 0 bridgehead atoms. The van der Waals surface area contributed by atoms with Crippen molar-refractivity contribution in [1.29, 1.82) is 5.41 Å². The van der Waals surface area contributed by atoms with Crippen molar-refractivity contribution in [1.82, 2.24) is 4.90 Å². The molecule has 0 aliphatic rings. The lowest BCUT2D eigenvalue weighted by molar-refractivity contribution is 0.520. The first kappa shape index (κ1) is 7.47. The second-order valence-electron chi connectivity index (χ2n) is 1.81. The van der Waals surface area contributed by atoms with Crippen LogP contribution < -0.4 is 0 Å². The quantitative estimate of drug-likeness (QED) is 0.425. The highest BCUT2D eigenvalue weighted by Crippen LogP contribution is 1.87. The number of nitrogens with zero attached hydrogens (tertiary/aromatic N) is 1. The van der Waals surface area contributed by atoms with Gasteiger partial charge >= 0.3 is 0 Å². The monoisotopic (exact) mass is 114 g/mol. The van der Waals surface area contributed by atoms with Crippen LogP contribution in [0.3, 0.4) is 0 Å². The Kier molecular flexibility index (Phi) is 3.24. The summed E-state index contributed by atoms with van der Waals surface area (Å²) in [5.41, 5.74) is 0. The predicted octanol–water partition coefficient (Wildman–Crippen LogP) is 1.33. The Balaban J connectivity index is 3.46. The number of rotatable bonds is 2. The van der Waals surface area contributed by atoms with Gasteiger partial charge in [-0.05, 0) is 6.92 Å². The van der Waals surface area contributed by atoms with Gasteiger partial charge in [0.25, 0.3) is 0 Å². The van der Waals surface area contributed by atoms with Crippen molar-refractivity contribution in [3.63, 3.8) is 0 Å². The maximum atomic E-state index is 7.27. The van der Waals surface area contributed by atoms with Crippen LogP contribution in [0.15, 0.2) is 0 Å². The Hall–Kier alpha value is -0.530. The molecule has 0 radical (unpaired) electrons. The summed E-state index contributed by atoms with van der Waals surface area (Å²) in [7, 11) is 1.94. The molecule has 0 aromatic carbocycles. The molecule has 0 fully saturated rings. The van der Waals surface area contributed by atoms with Gasteiger partial charge in [0.2, 0.25) is 0 Å². The molecule has 0 saturated carbocycles. The molecule has 0 saturated heterocycles. The Morgan fingerprint density at radius 1 is 1.50 bits per heavy atom. The summed E-state index contributed by atoms with van der Waals surface area (Å²) >= 11 is 0. The van der Waals surface area contributed by atoms with Crippen LogP contribution in [-0.4, -0.2) is 24.3 Å². The molecule has 0 atom stereocenters. The molecule has 0 aromatic rings. The fourth-order valence-electron chi connectivity index (χ4n) is 0.461. The van der Waals surface area contributed by atoms with Crippen LogP contribution in [-0.2, 0) is 0 Å². The van der Waals surface area contributed by atoms with Crippen molar-refractivity contribution in [2.45, 2.75) is 20.3 Å². The molecule has 0 heterocycles. The third-order valence-electron chi connectivity index (χ3n) is 1.27. The zero-order chi connectivity index (χ0) is 6.57. The van der Waals surface area contributed by atoms with Gasteiger partial charge in [0.1, 0.15) is 0 Å². The van der Waals surface area contributed by atoms with E-state index >= 15 is 0 Å². The van der Waals surface area contributed by atoms with Gasteiger partial charge in [-0.25, -0.2) is 0 Å². The lowest BCUT2D eigenvalue weighted by Crippen LogP contribution is -2.24. The fraction of sp³-hybridized carbons (Fsp3) is 0.833. The van der Waals surface area contributed by atoms with E-state index in [1.54, 1.807) is 0 Å². The third-order valence-corrected chi connectivity index (χ3v) is 1.27. The molecule has 0 unspecified atom stereocenters. The topological polar surface area (TPSA) is 27.1 Å². The van der Waals surface area contributed by atoms with Crippen molar-refractivity contribution < 1.29 is 0 Å². The average molecular weight is 114 g/mol. The zero-order valence-electron chi connectivity index (χ0n) is 5.86. The van der Waals surface area contributed by atoms with Gasteiger partial charge in [-0.1, -0.05) is 6.92 Å². The third kappa shape index (κ3) is 1.96. The Bertz CT molecular complexity index is 78.6. The number of amidine groups is 1. The zero-order valence-corrected chi connectivity index (χ0v) is 5.86. The molecular formula is C6H14N2. The van der Waals surface area contributed by atoms with E-state index in [1.165, 1.54) is 0 Å². The minimum atomic E-state index is 0.715. The van der Waals surface area contributed by atoms with E-state index in [-0.39, 0.29) is 0 Å². The Morgan fingerprint density at radius 3 is 2.12 bits per heavy atom. The van der Waals surface area contributed by atoms with Gasteiger partial charge in [-0.2, -0.15) is 0 Å². The van der Waals surface area contributed by atoms with Crippen LogP contribution in [0.2, 0.25) is 0 Å². The summed E-state index contributed by atoms with van der Waals surface area (Å²) in [5.74, 6) is 0.715. The molecule has 0 aliphatic heterocycles. The van der Waals surface area contributed by atoms with Gasteiger partial charge < -0.3 is 4.90 Å². The summed E-state index contributed by atoms with van der Waals surface area (Å²) in [5, 5.41) is 7.27. The Labute approximate surface area is 51.0 Å². The molecule has 2 nitrogen and oxygen atoms in total. The van der Waals surface area contributed by atoms with Crippen LogP contribution >= 0.6 is 0 Å². The summed E-state index contributed by atoms with van der Waals surface area (Å²) in [6, 6.07) is 0. The van der Waals surface area contributed by atoms with Crippen LogP contribution in [0.5, 0.6) is 0 Å². The highest BCUT2D eigenvalue weighted by molar-refractivity contribution is 5.78. The molecule has 1 N–H and O–H groups in total. The van der Waals surface area contributed by atoms with Gasteiger partial charge in [-0.15, -0.1) is 0 Å². The summed E-state index contributed by atoms with van der Waals surface area (Å²) in [6.45, 7) is 4.98. The smallest absolute Gasteiger partial charge is 0.0952 e. The number of hydrogen-bond acceptors (Lipinski definition) is 1. The molecule has 48 valence electrons. The molecule has 0 aromatic heterocycles. The van der Waals surface area contributed by atoms with E-state index in [0.717, 1.165) is 13.0 Å². The first-order valence-electron chi connectivity index (χ1n) is 3.00. The van der Waals surface area contributed by atoms with Crippen molar-refractivity contribution in [2.75, 3.05) is 13.6 Å². The van der Waals surface area contributed by atoms with E-state index in [2.05, 4.69) is 0 Å². The summed E-state index contributed by atoms with van der Waals surface area (Å²) in [4.78, 5) is 1.93. The van der Waals surface area contributed by atoms with E-state index < -0.39 is 0 Å². The normalized spacial score (nSPS) is 8.88. The number of hydrogen-bond donors (Lipinski definition) is 1. The van der Waals surface area contributed by atoms with Crippen molar-refractivity contribution in [3.8, 4) is 0 Å².